The summed E-state index contributed by atoms with van der Waals surface area (Å²) in [4.78, 5) is 10.8. The van der Waals surface area contributed by atoms with Crippen LogP contribution < -0.4 is 5.32 Å². The first kappa shape index (κ1) is 15.8. The Hall–Kier alpha value is -1.56. The number of aliphatic carboxylic acids is 1. The smallest absolute Gasteiger partial charge is 0.416 e. The maximum absolute atomic E-state index is 12.6. The van der Waals surface area contributed by atoms with Crippen molar-refractivity contribution in [3.8, 4) is 0 Å². The van der Waals surface area contributed by atoms with Crippen molar-refractivity contribution in [3.05, 3.63) is 35.4 Å². The molecule has 0 spiro atoms. The third-order valence-electron chi connectivity index (χ3n) is 3.93. The third kappa shape index (κ3) is 4.46. The van der Waals surface area contributed by atoms with Crippen LogP contribution in [-0.4, -0.2) is 17.1 Å². The molecule has 0 bridgehead atoms. The molecule has 21 heavy (non-hydrogen) atoms. The van der Waals surface area contributed by atoms with Crippen molar-refractivity contribution in [1.29, 1.82) is 0 Å². The molecular weight excluding hydrogens is 283 g/mol. The van der Waals surface area contributed by atoms with Gasteiger partial charge in [-0.25, -0.2) is 0 Å². The van der Waals surface area contributed by atoms with Crippen LogP contribution in [-0.2, 0) is 17.5 Å². The Bertz CT molecular complexity index is 494. The summed E-state index contributed by atoms with van der Waals surface area (Å²) in [6.07, 6.45) is -1.59. The van der Waals surface area contributed by atoms with Crippen molar-refractivity contribution < 1.29 is 23.1 Å². The largest absolute Gasteiger partial charge is 0.481 e. The molecule has 1 aromatic rings. The van der Waals surface area contributed by atoms with Crippen LogP contribution in [0.3, 0.4) is 0 Å². The average Bonchev–Trinajstić information content (AvgIpc) is 2.45. The van der Waals surface area contributed by atoms with Crippen molar-refractivity contribution in [2.45, 2.75) is 44.4 Å². The predicted molar refractivity (Wildman–Crippen MR) is 71.7 cm³/mol. The van der Waals surface area contributed by atoms with Crippen LogP contribution in [0.2, 0.25) is 0 Å². The molecule has 2 N–H and O–H groups in total. The van der Waals surface area contributed by atoms with Gasteiger partial charge in [0.2, 0.25) is 0 Å². The minimum absolute atomic E-state index is 0.176. The first-order valence-corrected chi connectivity index (χ1v) is 6.98. The minimum atomic E-state index is -4.32. The van der Waals surface area contributed by atoms with Crippen LogP contribution >= 0.6 is 0 Å². The summed E-state index contributed by atoms with van der Waals surface area (Å²) in [6, 6.07) is 5.44. The maximum atomic E-state index is 12.6. The van der Waals surface area contributed by atoms with Gasteiger partial charge >= 0.3 is 12.1 Å². The zero-order chi connectivity index (χ0) is 15.5. The topological polar surface area (TPSA) is 49.3 Å². The zero-order valence-electron chi connectivity index (χ0n) is 11.5. The number of carboxylic acids is 1. The van der Waals surface area contributed by atoms with Crippen molar-refractivity contribution in [2.75, 3.05) is 0 Å². The van der Waals surface area contributed by atoms with E-state index in [9.17, 15) is 18.0 Å². The molecular formula is C15H18F3NO2. The Balaban J connectivity index is 1.85. The first-order chi connectivity index (χ1) is 9.86. The molecule has 0 saturated heterocycles. The van der Waals surface area contributed by atoms with Crippen LogP contribution in [0.15, 0.2) is 24.3 Å². The molecule has 0 amide bonds. The Kier molecular flexibility index (Phi) is 4.88. The van der Waals surface area contributed by atoms with Gasteiger partial charge in [-0.1, -0.05) is 18.2 Å². The predicted octanol–water partition coefficient (Wildman–Crippen LogP) is 3.44. The summed E-state index contributed by atoms with van der Waals surface area (Å²) in [7, 11) is 0. The highest BCUT2D eigenvalue weighted by Crippen LogP contribution is 2.29. The summed E-state index contributed by atoms with van der Waals surface area (Å²) < 4.78 is 37.8. The molecule has 116 valence electrons. The molecule has 3 nitrogen and oxygen atoms in total. The number of carboxylic acid groups (broad SMARTS) is 1. The van der Waals surface area contributed by atoms with Gasteiger partial charge in [0.1, 0.15) is 0 Å². The SMILES string of the molecule is O=C(O)C1CCC(NCc2cccc(C(F)(F)F)c2)CC1. The fourth-order valence-corrected chi connectivity index (χ4v) is 2.66. The molecule has 1 aliphatic rings. The van der Waals surface area contributed by atoms with Crippen molar-refractivity contribution >= 4 is 5.97 Å². The number of hydrogen-bond acceptors (Lipinski definition) is 2. The Morgan fingerprint density at radius 3 is 2.48 bits per heavy atom. The maximum Gasteiger partial charge on any atom is 0.416 e. The van der Waals surface area contributed by atoms with E-state index in [2.05, 4.69) is 5.32 Å². The van der Waals surface area contributed by atoms with Gasteiger partial charge in [-0.2, -0.15) is 13.2 Å². The van der Waals surface area contributed by atoms with Crippen molar-refractivity contribution in [3.63, 3.8) is 0 Å². The summed E-state index contributed by atoms with van der Waals surface area (Å²) in [6.45, 7) is 0.367. The fourth-order valence-electron chi connectivity index (χ4n) is 2.66. The lowest BCUT2D eigenvalue weighted by atomic mass is 9.86. The van der Waals surface area contributed by atoms with Crippen LogP contribution in [0.4, 0.5) is 13.2 Å². The van der Waals surface area contributed by atoms with E-state index in [-0.39, 0.29) is 12.0 Å². The highest BCUT2D eigenvalue weighted by Gasteiger charge is 2.30. The van der Waals surface area contributed by atoms with Crippen molar-refractivity contribution in [1.82, 2.24) is 5.32 Å². The number of alkyl halides is 3. The fraction of sp³-hybridized carbons (Fsp3) is 0.533. The highest BCUT2D eigenvalue weighted by molar-refractivity contribution is 5.70. The second-order valence-corrected chi connectivity index (χ2v) is 5.47. The quantitative estimate of drug-likeness (QED) is 0.895. The highest BCUT2D eigenvalue weighted by atomic mass is 19.4. The molecule has 0 heterocycles. The summed E-state index contributed by atoms with van der Waals surface area (Å²) >= 11 is 0. The molecule has 0 aliphatic heterocycles. The van der Waals surface area contributed by atoms with Crippen LogP contribution in [0.25, 0.3) is 0 Å². The van der Waals surface area contributed by atoms with E-state index in [0.29, 0.717) is 24.9 Å². The monoisotopic (exact) mass is 301 g/mol. The zero-order valence-corrected chi connectivity index (χ0v) is 11.5. The molecule has 2 rings (SSSR count). The van der Waals surface area contributed by atoms with Crippen LogP contribution in [0.1, 0.15) is 36.8 Å². The van der Waals surface area contributed by atoms with Gasteiger partial charge < -0.3 is 10.4 Å². The second kappa shape index (κ2) is 6.47. The Morgan fingerprint density at radius 2 is 1.90 bits per heavy atom. The number of halogens is 3. The number of nitrogens with one attached hydrogen (secondary N) is 1. The normalized spacial score (nSPS) is 23.0. The standard InChI is InChI=1S/C15H18F3NO2/c16-15(17,18)12-3-1-2-10(8-12)9-19-13-6-4-11(5-7-13)14(20)21/h1-3,8,11,13,19H,4-7,9H2,(H,20,21). The number of benzene rings is 1. The van der Waals surface area contributed by atoms with Gasteiger partial charge in [0.25, 0.3) is 0 Å². The van der Waals surface area contributed by atoms with E-state index in [0.717, 1.165) is 25.0 Å². The number of carbonyl (C=O) groups is 1. The second-order valence-electron chi connectivity index (χ2n) is 5.47. The van der Waals surface area contributed by atoms with E-state index in [4.69, 9.17) is 5.11 Å². The Morgan fingerprint density at radius 1 is 1.24 bits per heavy atom. The lowest BCUT2D eigenvalue weighted by Gasteiger charge is -2.27. The molecule has 0 radical (unpaired) electrons. The lowest BCUT2D eigenvalue weighted by Crippen LogP contribution is -2.34. The summed E-state index contributed by atoms with van der Waals surface area (Å²) in [5.74, 6) is -1.04. The van der Waals surface area contributed by atoms with E-state index in [1.165, 1.54) is 6.07 Å². The molecule has 1 fully saturated rings. The molecule has 1 aliphatic carbocycles. The average molecular weight is 301 g/mol. The van der Waals surface area contributed by atoms with E-state index in [1.807, 2.05) is 0 Å². The van der Waals surface area contributed by atoms with Crippen LogP contribution in [0.5, 0.6) is 0 Å². The lowest BCUT2D eigenvalue weighted by molar-refractivity contribution is -0.143. The summed E-state index contributed by atoms with van der Waals surface area (Å²) in [5.41, 5.74) is -0.0541. The van der Waals surface area contributed by atoms with Gasteiger partial charge in [0.15, 0.2) is 0 Å². The van der Waals surface area contributed by atoms with Gasteiger partial charge in [-0.05, 0) is 37.3 Å². The van der Waals surface area contributed by atoms with Gasteiger partial charge in [0, 0.05) is 12.6 Å². The van der Waals surface area contributed by atoms with E-state index >= 15 is 0 Å². The Labute approximate surface area is 121 Å². The third-order valence-corrected chi connectivity index (χ3v) is 3.93. The van der Waals surface area contributed by atoms with E-state index in [1.54, 1.807) is 6.07 Å². The number of rotatable bonds is 4. The van der Waals surface area contributed by atoms with Gasteiger partial charge in [-0.3, -0.25) is 4.79 Å². The molecule has 1 aromatic carbocycles. The molecule has 6 heteroatoms. The van der Waals surface area contributed by atoms with E-state index < -0.39 is 17.7 Å². The van der Waals surface area contributed by atoms with Gasteiger partial charge in [0.05, 0.1) is 11.5 Å². The van der Waals surface area contributed by atoms with Crippen LogP contribution in [0, 0.1) is 5.92 Å². The molecule has 1 saturated carbocycles. The molecule has 0 aromatic heterocycles. The molecule has 0 atom stereocenters. The number of hydrogen-bond donors (Lipinski definition) is 2. The summed E-state index contributed by atoms with van der Waals surface area (Å²) in [5, 5.41) is 12.1. The first-order valence-electron chi connectivity index (χ1n) is 6.98. The van der Waals surface area contributed by atoms with Crippen molar-refractivity contribution in [2.24, 2.45) is 5.92 Å². The minimum Gasteiger partial charge on any atom is -0.481 e. The molecule has 0 unspecified atom stereocenters. The van der Waals surface area contributed by atoms with Gasteiger partial charge in [-0.15, -0.1) is 0 Å².